The molecule has 1 heterocycles. The van der Waals surface area contributed by atoms with Crippen LogP contribution in [0.1, 0.15) is 62.2 Å². The Kier molecular flexibility index (Phi) is 5.07. The average molecular weight is 330 g/mol. The van der Waals surface area contributed by atoms with Crippen LogP contribution in [0.4, 0.5) is 5.69 Å². The van der Waals surface area contributed by atoms with Crippen molar-refractivity contribution in [2.75, 3.05) is 12.4 Å². The minimum atomic E-state index is -0.585. The van der Waals surface area contributed by atoms with Crippen LogP contribution >= 0.6 is 0 Å². The van der Waals surface area contributed by atoms with Gasteiger partial charge in [0.15, 0.2) is 11.9 Å². The lowest BCUT2D eigenvalue weighted by molar-refractivity contribution is -0.122. The lowest BCUT2D eigenvalue weighted by Gasteiger charge is -2.31. The van der Waals surface area contributed by atoms with E-state index >= 15 is 0 Å². The lowest BCUT2D eigenvalue weighted by atomic mass is 9.95. The van der Waals surface area contributed by atoms with Crippen molar-refractivity contribution in [3.05, 3.63) is 23.8 Å². The third-order valence-corrected chi connectivity index (χ3v) is 5.11. The van der Waals surface area contributed by atoms with Gasteiger partial charge in [-0.2, -0.15) is 0 Å². The zero-order chi connectivity index (χ0) is 17.1. The second-order valence-corrected chi connectivity index (χ2v) is 6.85. The number of nitrogens with one attached hydrogen (secondary N) is 1. The van der Waals surface area contributed by atoms with Crippen molar-refractivity contribution in [2.24, 2.45) is 0 Å². The molecule has 1 atom stereocenters. The fourth-order valence-corrected chi connectivity index (χ4v) is 3.57. The molecule has 2 aliphatic rings. The molecular weight excluding hydrogens is 304 g/mol. The largest absolute Gasteiger partial charge is 0.478 e. The topological polar surface area (TPSA) is 58.6 Å². The molecule has 3 rings (SSSR count). The molecule has 5 nitrogen and oxygen atoms in total. The summed E-state index contributed by atoms with van der Waals surface area (Å²) in [6, 6.07) is 5.62. The van der Waals surface area contributed by atoms with E-state index in [1.54, 1.807) is 25.1 Å². The molecule has 1 N–H and O–H groups in total. The van der Waals surface area contributed by atoms with Gasteiger partial charge in [0.2, 0.25) is 0 Å². The van der Waals surface area contributed by atoms with Crippen LogP contribution in [-0.2, 0) is 4.79 Å². The number of para-hydroxylation sites is 1. The van der Waals surface area contributed by atoms with Crippen molar-refractivity contribution >= 4 is 17.5 Å². The summed E-state index contributed by atoms with van der Waals surface area (Å²) in [4.78, 5) is 26.7. The molecule has 1 fully saturated rings. The minimum Gasteiger partial charge on any atom is -0.478 e. The fraction of sp³-hybridized carbons (Fsp3) is 0.579. The summed E-state index contributed by atoms with van der Waals surface area (Å²) in [6.07, 6.45) is 7.71. The Hall–Kier alpha value is -2.04. The number of carbonyl (C=O) groups is 2. The van der Waals surface area contributed by atoms with E-state index in [0.717, 1.165) is 12.8 Å². The molecule has 24 heavy (non-hydrogen) atoms. The third kappa shape index (κ3) is 3.40. The van der Waals surface area contributed by atoms with Gasteiger partial charge in [-0.1, -0.05) is 38.2 Å². The van der Waals surface area contributed by atoms with Crippen LogP contribution in [0.5, 0.6) is 5.75 Å². The van der Waals surface area contributed by atoms with E-state index in [9.17, 15) is 9.59 Å². The van der Waals surface area contributed by atoms with Gasteiger partial charge in [-0.25, -0.2) is 0 Å². The van der Waals surface area contributed by atoms with Gasteiger partial charge in [0, 0.05) is 13.1 Å². The van der Waals surface area contributed by atoms with Crippen molar-refractivity contribution in [1.82, 2.24) is 4.90 Å². The molecule has 1 aromatic rings. The Bertz CT molecular complexity index is 621. The first-order valence-electron chi connectivity index (χ1n) is 8.95. The van der Waals surface area contributed by atoms with E-state index in [4.69, 9.17) is 4.74 Å². The molecule has 5 heteroatoms. The molecule has 0 unspecified atom stereocenters. The Labute approximate surface area is 143 Å². The van der Waals surface area contributed by atoms with Gasteiger partial charge < -0.3 is 15.0 Å². The van der Waals surface area contributed by atoms with E-state index in [0.29, 0.717) is 17.0 Å². The smallest absolute Gasteiger partial charge is 0.265 e. The highest BCUT2D eigenvalue weighted by molar-refractivity contribution is 6.04. The molecule has 0 bridgehead atoms. The number of benzene rings is 1. The maximum atomic E-state index is 13.0. The summed E-state index contributed by atoms with van der Waals surface area (Å²) < 4.78 is 5.72. The van der Waals surface area contributed by atoms with Crippen molar-refractivity contribution in [3.8, 4) is 5.75 Å². The highest BCUT2D eigenvalue weighted by Gasteiger charge is 2.30. The summed E-state index contributed by atoms with van der Waals surface area (Å²) in [5.74, 6) is 0.286. The molecule has 130 valence electrons. The Morgan fingerprint density at radius 1 is 1.17 bits per heavy atom. The lowest BCUT2D eigenvalue weighted by Crippen LogP contribution is -2.39. The standard InChI is InChI=1S/C19H26N2O3/c1-13-18(22)20-16-12-8-11-15(17(16)24-13)19(23)21(2)14-9-6-4-3-5-7-10-14/h8,11-14H,3-7,9-10H2,1-2H3,(H,20,22)/t13-/m1/s1. The maximum Gasteiger partial charge on any atom is 0.265 e. The van der Waals surface area contributed by atoms with Gasteiger partial charge in [0.25, 0.3) is 11.8 Å². The van der Waals surface area contributed by atoms with Crippen LogP contribution in [0, 0.1) is 0 Å². The molecule has 1 aromatic carbocycles. The SMILES string of the molecule is C[C@H]1Oc2c(cccc2C(=O)N(C)C2CCCCCCC2)NC1=O. The van der Waals surface area contributed by atoms with E-state index in [-0.39, 0.29) is 17.9 Å². The number of ether oxygens (including phenoxy) is 1. The molecule has 1 aliphatic carbocycles. The van der Waals surface area contributed by atoms with E-state index in [1.165, 1.54) is 32.1 Å². The zero-order valence-electron chi connectivity index (χ0n) is 14.5. The van der Waals surface area contributed by atoms with Gasteiger partial charge in [-0.05, 0) is 31.9 Å². The van der Waals surface area contributed by atoms with E-state index < -0.39 is 6.10 Å². The first-order chi connectivity index (χ1) is 11.6. The van der Waals surface area contributed by atoms with Crippen LogP contribution in [0.25, 0.3) is 0 Å². The van der Waals surface area contributed by atoms with Crippen LogP contribution < -0.4 is 10.1 Å². The molecule has 1 aliphatic heterocycles. The number of hydrogen-bond acceptors (Lipinski definition) is 3. The molecule has 2 amide bonds. The number of anilines is 1. The molecule has 1 saturated carbocycles. The summed E-state index contributed by atoms with van der Waals surface area (Å²) >= 11 is 0. The normalized spacial score (nSPS) is 21.8. The number of rotatable bonds is 2. The number of nitrogens with zero attached hydrogens (tertiary/aromatic N) is 1. The summed E-state index contributed by atoms with van der Waals surface area (Å²) in [6.45, 7) is 1.69. The van der Waals surface area contributed by atoms with Crippen LogP contribution in [0.2, 0.25) is 0 Å². The van der Waals surface area contributed by atoms with Crippen LogP contribution in [0.15, 0.2) is 18.2 Å². The fourth-order valence-electron chi connectivity index (χ4n) is 3.57. The van der Waals surface area contributed by atoms with Gasteiger partial charge >= 0.3 is 0 Å². The second-order valence-electron chi connectivity index (χ2n) is 6.85. The van der Waals surface area contributed by atoms with Gasteiger partial charge in [0.05, 0.1) is 11.3 Å². The predicted octanol–water partition coefficient (Wildman–Crippen LogP) is 3.59. The molecule has 0 aromatic heterocycles. The minimum absolute atomic E-state index is 0.0271. The number of amides is 2. The van der Waals surface area contributed by atoms with Gasteiger partial charge in [-0.3, -0.25) is 9.59 Å². The first-order valence-corrected chi connectivity index (χ1v) is 8.95. The van der Waals surface area contributed by atoms with Crippen LogP contribution in [-0.4, -0.2) is 35.9 Å². The monoisotopic (exact) mass is 330 g/mol. The molecule has 0 saturated heterocycles. The van der Waals surface area contributed by atoms with E-state index in [2.05, 4.69) is 5.32 Å². The zero-order valence-corrected chi connectivity index (χ0v) is 14.5. The highest BCUT2D eigenvalue weighted by Crippen LogP contribution is 2.34. The maximum absolute atomic E-state index is 13.0. The predicted molar refractivity (Wildman–Crippen MR) is 93.4 cm³/mol. The van der Waals surface area contributed by atoms with Gasteiger partial charge in [0.1, 0.15) is 0 Å². The van der Waals surface area contributed by atoms with Crippen molar-refractivity contribution < 1.29 is 14.3 Å². The number of hydrogen-bond donors (Lipinski definition) is 1. The number of fused-ring (bicyclic) bond motifs is 1. The van der Waals surface area contributed by atoms with Crippen molar-refractivity contribution in [2.45, 2.75) is 64.0 Å². The molecular formula is C19H26N2O3. The third-order valence-electron chi connectivity index (χ3n) is 5.11. The van der Waals surface area contributed by atoms with Crippen LogP contribution in [0.3, 0.4) is 0 Å². The summed E-state index contributed by atoms with van der Waals surface area (Å²) in [5.41, 5.74) is 1.11. The van der Waals surface area contributed by atoms with Crippen molar-refractivity contribution in [1.29, 1.82) is 0 Å². The summed E-state index contributed by atoms with van der Waals surface area (Å²) in [5, 5.41) is 2.81. The van der Waals surface area contributed by atoms with Crippen molar-refractivity contribution in [3.63, 3.8) is 0 Å². The quantitative estimate of drug-likeness (QED) is 0.901. The second kappa shape index (κ2) is 7.24. The average Bonchev–Trinajstić information content (AvgIpc) is 2.54. The number of carbonyl (C=O) groups excluding carboxylic acids is 2. The van der Waals surface area contributed by atoms with E-state index in [1.807, 2.05) is 11.9 Å². The Morgan fingerprint density at radius 3 is 2.54 bits per heavy atom. The first kappa shape index (κ1) is 16.8. The Balaban J connectivity index is 1.82. The Morgan fingerprint density at radius 2 is 1.83 bits per heavy atom. The van der Waals surface area contributed by atoms with Gasteiger partial charge in [-0.15, -0.1) is 0 Å². The highest BCUT2D eigenvalue weighted by atomic mass is 16.5. The molecule has 0 spiro atoms. The molecule has 0 radical (unpaired) electrons. The summed E-state index contributed by atoms with van der Waals surface area (Å²) in [7, 11) is 1.89.